The van der Waals surface area contributed by atoms with E-state index in [0.29, 0.717) is 17.9 Å². The van der Waals surface area contributed by atoms with Crippen LogP contribution >= 0.6 is 0 Å². The molecule has 3 atom stereocenters. The van der Waals surface area contributed by atoms with Gasteiger partial charge in [0.2, 0.25) is 0 Å². The van der Waals surface area contributed by atoms with Crippen molar-refractivity contribution in [3.63, 3.8) is 0 Å². The highest BCUT2D eigenvalue weighted by molar-refractivity contribution is 5.96. The summed E-state index contributed by atoms with van der Waals surface area (Å²) >= 11 is 0. The van der Waals surface area contributed by atoms with Crippen molar-refractivity contribution < 1.29 is 0 Å². The largest absolute Gasteiger partial charge is 0.377 e. The number of hydrogen-bond acceptors (Lipinski definition) is 1. The van der Waals surface area contributed by atoms with Crippen molar-refractivity contribution in [2.75, 3.05) is 5.32 Å². The third-order valence-corrected chi connectivity index (χ3v) is 5.70. The second kappa shape index (κ2) is 5.24. The van der Waals surface area contributed by atoms with Gasteiger partial charge in [-0.25, -0.2) is 0 Å². The fourth-order valence-electron chi connectivity index (χ4n) is 4.44. The van der Waals surface area contributed by atoms with Crippen molar-refractivity contribution in [3.8, 4) is 0 Å². The molecule has 3 aromatic carbocycles. The van der Waals surface area contributed by atoms with Crippen molar-refractivity contribution in [2.45, 2.75) is 25.3 Å². The van der Waals surface area contributed by atoms with Gasteiger partial charge in [0.05, 0.1) is 6.04 Å². The normalized spacial score (nSPS) is 24.5. The second-order valence-electron chi connectivity index (χ2n) is 7.14. The molecule has 24 heavy (non-hydrogen) atoms. The van der Waals surface area contributed by atoms with Gasteiger partial charge in [0.15, 0.2) is 0 Å². The number of allylic oxidation sites excluding steroid dienone is 2. The maximum atomic E-state index is 3.91. The first kappa shape index (κ1) is 13.9. The Hall–Kier alpha value is -2.54. The van der Waals surface area contributed by atoms with E-state index in [4.69, 9.17) is 0 Å². The first-order valence-electron chi connectivity index (χ1n) is 8.83. The van der Waals surface area contributed by atoms with Crippen LogP contribution in [0.5, 0.6) is 0 Å². The Morgan fingerprint density at radius 3 is 2.62 bits per heavy atom. The predicted molar refractivity (Wildman–Crippen MR) is 101 cm³/mol. The maximum absolute atomic E-state index is 3.91. The minimum Gasteiger partial charge on any atom is -0.377 e. The molecule has 1 aliphatic carbocycles. The van der Waals surface area contributed by atoms with Gasteiger partial charge in [-0.3, -0.25) is 0 Å². The van der Waals surface area contributed by atoms with Crippen LogP contribution < -0.4 is 5.32 Å². The smallest absolute Gasteiger partial charge is 0.0554 e. The Kier molecular flexibility index (Phi) is 3.02. The number of hydrogen-bond donors (Lipinski definition) is 1. The molecule has 0 radical (unpaired) electrons. The lowest BCUT2D eigenvalue weighted by Crippen LogP contribution is -2.29. The van der Waals surface area contributed by atoms with E-state index in [-0.39, 0.29) is 0 Å². The number of benzene rings is 3. The fourth-order valence-corrected chi connectivity index (χ4v) is 4.44. The lowest BCUT2D eigenvalue weighted by molar-refractivity contribution is 0.426. The molecule has 1 heterocycles. The Labute approximate surface area is 143 Å². The standard InChI is InChI=1S/C23H21N/c1-15-9-11-17(12-10-15)22-20-8-4-7-19(20)21-14-13-16-5-2-3-6-18(16)23(21)24-22/h2-7,9-14,19-20,22,24H,8H2,1H3/t19-,20+,22+/m1/s1. The molecule has 0 unspecified atom stereocenters. The zero-order chi connectivity index (χ0) is 16.1. The van der Waals surface area contributed by atoms with Gasteiger partial charge >= 0.3 is 0 Å². The lowest BCUT2D eigenvalue weighted by atomic mass is 9.76. The van der Waals surface area contributed by atoms with E-state index in [2.05, 4.69) is 85.1 Å². The van der Waals surface area contributed by atoms with E-state index in [1.807, 2.05) is 0 Å². The molecule has 5 rings (SSSR count). The molecule has 0 saturated heterocycles. The first-order valence-corrected chi connectivity index (χ1v) is 8.83. The summed E-state index contributed by atoms with van der Waals surface area (Å²) in [6, 6.07) is 22.7. The summed E-state index contributed by atoms with van der Waals surface area (Å²) in [4.78, 5) is 0. The van der Waals surface area contributed by atoms with E-state index in [0.717, 1.165) is 6.42 Å². The molecule has 0 aromatic heterocycles. The van der Waals surface area contributed by atoms with Crippen molar-refractivity contribution >= 4 is 16.5 Å². The highest BCUT2D eigenvalue weighted by Crippen LogP contribution is 2.51. The van der Waals surface area contributed by atoms with Crippen LogP contribution in [0.2, 0.25) is 0 Å². The van der Waals surface area contributed by atoms with Crippen molar-refractivity contribution in [2.24, 2.45) is 5.92 Å². The summed E-state index contributed by atoms with van der Waals surface area (Å²) in [5, 5.41) is 6.56. The van der Waals surface area contributed by atoms with Gasteiger partial charge in [-0.2, -0.15) is 0 Å². The van der Waals surface area contributed by atoms with Crippen LogP contribution in [-0.4, -0.2) is 0 Å². The fraction of sp³-hybridized carbons (Fsp3) is 0.217. The molecule has 0 fully saturated rings. The summed E-state index contributed by atoms with van der Waals surface area (Å²) in [6.45, 7) is 2.15. The number of rotatable bonds is 1. The van der Waals surface area contributed by atoms with Gasteiger partial charge in [-0.15, -0.1) is 0 Å². The molecule has 1 nitrogen and oxygen atoms in total. The van der Waals surface area contributed by atoms with Gasteiger partial charge in [0.25, 0.3) is 0 Å². The van der Waals surface area contributed by atoms with Gasteiger partial charge < -0.3 is 5.32 Å². The summed E-state index contributed by atoms with van der Waals surface area (Å²) in [5.41, 5.74) is 5.50. The van der Waals surface area contributed by atoms with Crippen molar-refractivity contribution in [1.29, 1.82) is 0 Å². The number of fused-ring (bicyclic) bond motifs is 5. The third-order valence-electron chi connectivity index (χ3n) is 5.70. The zero-order valence-corrected chi connectivity index (χ0v) is 13.9. The molecule has 1 heteroatoms. The van der Waals surface area contributed by atoms with E-state index in [1.165, 1.54) is 33.2 Å². The average molecular weight is 311 g/mol. The summed E-state index contributed by atoms with van der Waals surface area (Å²) in [5.74, 6) is 1.14. The maximum Gasteiger partial charge on any atom is 0.0554 e. The van der Waals surface area contributed by atoms with Crippen LogP contribution in [0.1, 0.15) is 35.1 Å². The monoisotopic (exact) mass is 311 g/mol. The van der Waals surface area contributed by atoms with Crippen molar-refractivity contribution in [1.82, 2.24) is 0 Å². The van der Waals surface area contributed by atoms with E-state index in [9.17, 15) is 0 Å². The Morgan fingerprint density at radius 1 is 0.917 bits per heavy atom. The minimum absolute atomic E-state index is 0.379. The SMILES string of the molecule is Cc1ccc([C@@H]2Nc3c(ccc4ccccc34)[C@@H]3C=CC[C@@H]32)cc1. The molecule has 2 aliphatic rings. The quantitative estimate of drug-likeness (QED) is 0.545. The molecule has 3 aromatic rings. The summed E-state index contributed by atoms with van der Waals surface area (Å²) < 4.78 is 0. The molecular weight excluding hydrogens is 290 g/mol. The van der Waals surface area contributed by atoms with Crippen LogP contribution in [0.4, 0.5) is 5.69 Å². The van der Waals surface area contributed by atoms with E-state index < -0.39 is 0 Å². The molecule has 0 saturated carbocycles. The van der Waals surface area contributed by atoms with Gasteiger partial charge in [-0.05, 0) is 35.8 Å². The highest BCUT2D eigenvalue weighted by atomic mass is 15.0. The predicted octanol–water partition coefficient (Wildman–Crippen LogP) is 5.97. The van der Waals surface area contributed by atoms with Crippen LogP contribution in [0.15, 0.2) is 72.8 Å². The number of anilines is 1. The van der Waals surface area contributed by atoms with Crippen LogP contribution in [0.25, 0.3) is 10.8 Å². The van der Waals surface area contributed by atoms with E-state index in [1.54, 1.807) is 0 Å². The van der Waals surface area contributed by atoms with Crippen LogP contribution in [-0.2, 0) is 0 Å². The van der Waals surface area contributed by atoms with Crippen molar-refractivity contribution in [3.05, 3.63) is 89.5 Å². The van der Waals surface area contributed by atoms with Gasteiger partial charge in [-0.1, -0.05) is 78.4 Å². The number of aryl methyl sites for hydroxylation is 1. The zero-order valence-electron chi connectivity index (χ0n) is 13.9. The second-order valence-corrected chi connectivity index (χ2v) is 7.14. The first-order chi connectivity index (χ1) is 11.8. The molecule has 1 aliphatic heterocycles. The van der Waals surface area contributed by atoms with Gasteiger partial charge in [0.1, 0.15) is 0 Å². The average Bonchev–Trinajstić information content (AvgIpc) is 3.11. The number of nitrogens with one attached hydrogen (secondary N) is 1. The Bertz CT molecular complexity index is 936. The molecule has 1 N–H and O–H groups in total. The Balaban J connectivity index is 1.69. The summed E-state index contributed by atoms with van der Waals surface area (Å²) in [7, 11) is 0. The summed E-state index contributed by atoms with van der Waals surface area (Å²) in [6.07, 6.45) is 5.94. The highest BCUT2D eigenvalue weighted by Gasteiger charge is 2.38. The topological polar surface area (TPSA) is 12.0 Å². The molecule has 0 spiro atoms. The molecule has 118 valence electrons. The lowest BCUT2D eigenvalue weighted by Gasteiger charge is -2.38. The molecular formula is C23H21N. The Morgan fingerprint density at radius 2 is 1.75 bits per heavy atom. The molecule has 0 amide bonds. The van der Waals surface area contributed by atoms with Crippen LogP contribution in [0, 0.1) is 12.8 Å². The molecule has 0 bridgehead atoms. The van der Waals surface area contributed by atoms with Crippen LogP contribution in [0.3, 0.4) is 0 Å². The van der Waals surface area contributed by atoms with Gasteiger partial charge in [0, 0.05) is 17.0 Å². The van der Waals surface area contributed by atoms with E-state index >= 15 is 0 Å². The third kappa shape index (κ3) is 2.01. The minimum atomic E-state index is 0.379.